The van der Waals surface area contributed by atoms with Crippen LogP contribution in [0.3, 0.4) is 0 Å². The molecule has 0 radical (unpaired) electrons. The quantitative estimate of drug-likeness (QED) is 0.669. The number of aromatic nitrogens is 3. The second kappa shape index (κ2) is 7.11. The van der Waals surface area contributed by atoms with Crippen molar-refractivity contribution in [1.82, 2.24) is 14.3 Å². The molecule has 4 rings (SSSR count). The lowest BCUT2D eigenvalue weighted by Crippen LogP contribution is -2.30. The minimum Gasteiger partial charge on any atom is -0.461 e. The summed E-state index contributed by atoms with van der Waals surface area (Å²) in [4.78, 5) is 25.0. The Hall–Kier alpha value is -3.01. The normalized spacial score (nSPS) is 14.2. The van der Waals surface area contributed by atoms with Gasteiger partial charge >= 0.3 is 11.9 Å². The van der Waals surface area contributed by atoms with E-state index in [-0.39, 0.29) is 16.8 Å². The number of furan rings is 1. The molecule has 0 bridgehead atoms. The van der Waals surface area contributed by atoms with Gasteiger partial charge in [-0.2, -0.15) is 13.2 Å². The first-order valence-electron chi connectivity index (χ1n) is 8.64. The third kappa shape index (κ3) is 3.93. The topological polar surface area (TPSA) is 82.1 Å². The first-order valence-corrected chi connectivity index (χ1v) is 9.01. The number of anilines is 1. The average Bonchev–Trinajstić information content (AvgIpc) is 3.22. The Morgan fingerprint density at radius 3 is 2.69 bits per heavy atom. The van der Waals surface area contributed by atoms with Crippen LogP contribution in [0.2, 0.25) is 5.02 Å². The van der Waals surface area contributed by atoms with Gasteiger partial charge in [0, 0.05) is 6.04 Å². The molecule has 1 amide bonds. The summed E-state index contributed by atoms with van der Waals surface area (Å²) in [5, 5.41) is 6.42. The van der Waals surface area contributed by atoms with Crippen molar-refractivity contribution in [1.29, 1.82) is 0 Å². The Kier molecular flexibility index (Phi) is 4.73. The van der Waals surface area contributed by atoms with Crippen molar-refractivity contribution in [3.63, 3.8) is 0 Å². The molecule has 0 aliphatic heterocycles. The molecular formula is C18H14ClF3N4O3. The summed E-state index contributed by atoms with van der Waals surface area (Å²) in [6, 6.07) is 5.88. The van der Waals surface area contributed by atoms with E-state index >= 15 is 0 Å². The minimum absolute atomic E-state index is 0.0164. The van der Waals surface area contributed by atoms with Gasteiger partial charge in [0.2, 0.25) is 11.7 Å². The van der Waals surface area contributed by atoms with Crippen molar-refractivity contribution in [2.24, 2.45) is 0 Å². The number of hydrogen-bond donors (Lipinski definition) is 1. The summed E-state index contributed by atoms with van der Waals surface area (Å²) >= 11 is 5.89. The maximum atomic E-state index is 12.9. The number of alkyl halides is 3. The van der Waals surface area contributed by atoms with E-state index in [1.807, 2.05) is 0 Å². The lowest BCUT2D eigenvalue weighted by molar-refractivity contribution is -0.137. The van der Waals surface area contributed by atoms with Gasteiger partial charge in [-0.1, -0.05) is 11.6 Å². The molecule has 1 aliphatic carbocycles. The van der Waals surface area contributed by atoms with Crippen molar-refractivity contribution in [2.45, 2.75) is 31.6 Å². The van der Waals surface area contributed by atoms with E-state index in [0.29, 0.717) is 11.6 Å². The molecule has 1 N–H and O–H groups in total. The first kappa shape index (κ1) is 19.3. The molecule has 29 heavy (non-hydrogen) atoms. The van der Waals surface area contributed by atoms with Crippen LogP contribution in [0.15, 0.2) is 45.8 Å². The van der Waals surface area contributed by atoms with Crippen LogP contribution in [0, 0.1) is 0 Å². The maximum absolute atomic E-state index is 12.9. The van der Waals surface area contributed by atoms with E-state index in [1.165, 1.54) is 10.8 Å². The zero-order valence-corrected chi connectivity index (χ0v) is 15.5. The summed E-state index contributed by atoms with van der Waals surface area (Å²) < 4.78 is 46.4. The lowest BCUT2D eigenvalue weighted by Gasteiger charge is -2.11. The smallest absolute Gasteiger partial charge is 0.416 e. The molecular weight excluding hydrogens is 413 g/mol. The largest absolute Gasteiger partial charge is 0.461 e. The van der Waals surface area contributed by atoms with E-state index < -0.39 is 29.9 Å². The van der Waals surface area contributed by atoms with Crippen LogP contribution < -0.4 is 11.0 Å². The fraction of sp³-hybridized carbons (Fsp3) is 0.278. The van der Waals surface area contributed by atoms with Crippen molar-refractivity contribution < 1.29 is 22.4 Å². The van der Waals surface area contributed by atoms with Crippen LogP contribution in [0.5, 0.6) is 0 Å². The zero-order valence-electron chi connectivity index (χ0n) is 14.7. The van der Waals surface area contributed by atoms with E-state index in [2.05, 4.69) is 10.4 Å². The fourth-order valence-electron chi connectivity index (χ4n) is 2.88. The van der Waals surface area contributed by atoms with E-state index in [9.17, 15) is 22.8 Å². The van der Waals surface area contributed by atoms with Gasteiger partial charge in [-0.05, 0) is 43.2 Å². The van der Waals surface area contributed by atoms with E-state index in [0.717, 1.165) is 35.7 Å². The van der Waals surface area contributed by atoms with Crippen LogP contribution >= 0.6 is 11.6 Å². The van der Waals surface area contributed by atoms with Gasteiger partial charge in [0.1, 0.15) is 6.54 Å². The SMILES string of the molecule is O=C(Cn1nc(-c2ccco2)n(C2CC2)c1=O)Nc1cc(C(F)(F)F)ccc1Cl. The van der Waals surface area contributed by atoms with Crippen molar-refractivity contribution in [3.8, 4) is 11.6 Å². The lowest BCUT2D eigenvalue weighted by atomic mass is 10.2. The molecule has 1 aliphatic rings. The first-order chi connectivity index (χ1) is 13.7. The van der Waals surface area contributed by atoms with Crippen LogP contribution in [-0.4, -0.2) is 20.3 Å². The van der Waals surface area contributed by atoms with E-state index in [1.54, 1.807) is 12.1 Å². The summed E-state index contributed by atoms with van der Waals surface area (Å²) in [6.45, 7) is -0.487. The molecule has 152 valence electrons. The highest BCUT2D eigenvalue weighted by Gasteiger charge is 2.32. The molecule has 7 nitrogen and oxygen atoms in total. The average molecular weight is 427 g/mol. The number of amides is 1. The van der Waals surface area contributed by atoms with Crippen molar-refractivity contribution in [2.75, 3.05) is 5.32 Å². The maximum Gasteiger partial charge on any atom is 0.416 e. The number of nitrogens with zero attached hydrogens (tertiary/aromatic N) is 3. The number of benzene rings is 1. The van der Waals surface area contributed by atoms with Gasteiger partial charge in [-0.15, -0.1) is 5.10 Å². The molecule has 0 unspecified atom stereocenters. The number of hydrogen-bond acceptors (Lipinski definition) is 4. The second-order valence-corrected chi connectivity index (χ2v) is 6.99. The highest BCUT2D eigenvalue weighted by molar-refractivity contribution is 6.33. The third-order valence-corrected chi connectivity index (χ3v) is 4.71. The second-order valence-electron chi connectivity index (χ2n) is 6.58. The van der Waals surface area contributed by atoms with Gasteiger partial charge in [0.05, 0.1) is 22.5 Å². The molecule has 1 fully saturated rings. The highest BCUT2D eigenvalue weighted by atomic mass is 35.5. The Morgan fingerprint density at radius 2 is 2.07 bits per heavy atom. The molecule has 1 saturated carbocycles. The van der Waals surface area contributed by atoms with Gasteiger partial charge in [0.25, 0.3) is 0 Å². The Labute approximate surface area is 166 Å². The standard InChI is InChI=1S/C18H14ClF3N4O3/c19-12-6-3-10(18(20,21)22)8-13(12)23-15(27)9-25-17(28)26(11-4-5-11)16(24-25)14-2-1-7-29-14/h1-3,6-8,11H,4-5,9H2,(H,23,27). The predicted octanol–water partition coefficient (Wildman–Crippen LogP) is 3.95. The van der Waals surface area contributed by atoms with Crippen LogP contribution in [0.25, 0.3) is 11.6 Å². The fourth-order valence-corrected chi connectivity index (χ4v) is 3.05. The molecule has 11 heteroatoms. The highest BCUT2D eigenvalue weighted by Crippen LogP contribution is 2.36. The van der Waals surface area contributed by atoms with Crippen LogP contribution in [0.1, 0.15) is 24.4 Å². The molecule has 3 aromatic rings. The van der Waals surface area contributed by atoms with E-state index in [4.69, 9.17) is 16.0 Å². The van der Waals surface area contributed by atoms with Gasteiger partial charge < -0.3 is 9.73 Å². The molecule has 0 saturated heterocycles. The molecule has 2 aromatic heterocycles. The summed E-state index contributed by atoms with van der Waals surface area (Å²) in [7, 11) is 0. The predicted molar refractivity (Wildman–Crippen MR) is 97.5 cm³/mol. The monoisotopic (exact) mass is 426 g/mol. The van der Waals surface area contributed by atoms with Crippen molar-refractivity contribution >= 4 is 23.2 Å². The Bertz CT molecular complexity index is 1110. The van der Waals surface area contributed by atoms with Crippen molar-refractivity contribution in [3.05, 3.63) is 57.7 Å². The summed E-state index contributed by atoms with van der Waals surface area (Å²) in [5.74, 6) is -0.0544. The van der Waals surface area contributed by atoms with Gasteiger partial charge in [0.15, 0.2) is 5.76 Å². The molecule has 1 aromatic carbocycles. The molecule has 0 spiro atoms. The Morgan fingerprint density at radius 1 is 1.31 bits per heavy atom. The van der Waals surface area contributed by atoms with Crippen LogP contribution in [-0.2, 0) is 17.5 Å². The minimum atomic E-state index is -4.58. The third-order valence-electron chi connectivity index (χ3n) is 4.39. The van der Waals surface area contributed by atoms with Crippen LogP contribution in [0.4, 0.5) is 18.9 Å². The number of carbonyl (C=O) groups is 1. The summed E-state index contributed by atoms with van der Waals surface area (Å²) in [6.07, 6.45) is -1.52. The molecule has 2 heterocycles. The number of carbonyl (C=O) groups excluding carboxylic acids is 1. The van der Waals surface area contributed by atoms with Gasteiger partial charge in [-0.3, -0.25) is 9.36 Å². The number of nitrogens with one attached hydrogen (secondary N) is 1. The molecule has 0 atom stereocenters. The number of halogens is 4. The van der Waals surface area contributed by atoms with Gasteiger partial charge in [-0.25, -0.2) is 9.48 Å². The number of rotatable bonds is 5. The Balaban J connectivity index is 1.58. The summed E-state index contributed by atoms with van der Waals surface area (Å²) in [5.41, 5.74) is -1.65. The zero-order chi connectivity index (χ0) is 20.8.